The first-order valence-electron chi connectivity index (χ1n) is 7.22. The maximum absolute atomic E-state index is 11.7. The Bertz CT molecular complexity index is 551. The van der Waals surface area contributed by atoms with E-state index in [9.17, 15) is 14.4 Å². The maximum Gasteiger partial charge on any atom is 0.319 e. The number of para-hydroxylation sites is 1. The molecule has 1 atom stereocenters. The number of hydrogen-bond acceptors (Lipinski definition) is 4. The number of esters is 1. The average Bonchev–Trinajstić information content (AvgIpc) is 2.42. The Balaban J connectivity index is 2.48. The van der Waals surface area contributed by atoms with Crippen LogP contribution in [0.3, 0.4) is 0 Å². The van der Waals surface area contributed by atoms with E-state index in [-0.39, 0.29) is 13.0 Å². The van der Waals surface area contributed by atoms with E-state index in [4.69, 9.17) is 9.84 Å². The lowest BCUT2D eigenvalue weighted by molar-refractivity contribution is -0.159. The van der Waals surface area contributed by atoms with Gasteiger partial charge in [-0.15, -0.1) is 0 Å². The van der Waals surface area contributed by atoms with Crippen LogP contribution in [0.4, 0.5) is 10.5 Å². The number of anilines is 1. The van der Waals surface area contributed by atoms with Gasteiger partial charge in [0.25, 0.3) is 0 Å². The van der Waals surface area contributed by atoms with Gasteiger partial charge in [-0.25, -0.2) is 4.79 Å². The number of aliphatic carboxylic acids is 1. The van der Waals surface area contributed by atoms with Crippen molar-refractivity contribution in [2.24, 2.45) is 5.92 Å². The number of carbonyl (C=O) groups excluding carboxylic acids is 2. The minimum absolute atomic E-state index is 0.173. The number of nitrogens with one attached hydrogen (secondary N) is 2. The lowest BCUT2D eigenvalue weighted by atomic mass is 10.1. The van der Waals surface area contributed by atoms with Gasteiger partial charge in [-0.2, -0.15) is 0 Å². The molecule has 0 aliphatic heterocycles. The van der Waals surface area contributed by atoms with Crippen LogP contribution in [0.25, 0.3) is 0 Å². The van der Waals surface area contributed by atoms with Gasteiger partial charge in [0.05, 0.1) is 12.3 Å². The molecule has 2 amide bonds. The second-order valence-corrected chi connectivity index (χ2v) is 6.03. The van der Waals surface area contributed by atoms with Crippen LogP contribution in [0.2, 0.25) is 0 Å². The zero-order valence-electron chi connectivity index (χ0n) is 13.5. The summed E-state index contributed by atoms with van der Waals surface area (Å²) in [6.07, 6.45) is -0.307. The molecule has 0 radical (unpaired) electrons. The maximum atomic E-state index is 11.7. The van der Waals surface area contributed by atoms with Crippen LogP contribution in [0.15, 0.2) is 30.3 Å². The second kappa shape index (κ2) is 8.17. The molecule has 7 heteroatoms. The van der Waals surface area contributed by atoms with Crippen molar-refractivity contribution in [3.63, 3.8) is 0 Å². The first-order valence-corrected chi connectivity index (χ1v) is 7.22. The van der Waals surface area contributed by atoms with Crippen molar-refractivity contribution in [2.45, 2.75) is 32.8 Å². The fourth-order valence-electron chi connectivity index (χ4n) is 1.74. The summed E-state index contributed by atoms with van der Waals surface area (Å²) >= 11 is 0. The molecule has 0 spiro atoms. The number of carboxylic acid groups (broad SMARTS) is 1. The number of benzene rings is 1. The van der Waals surface area contributed by atoms with Gasteiger partial charge in [0.1, 0.15) is 5.60 Å². The van der Waals surface area contributed by atoms with Crippen LogP contribution in [0, 0.1) is 5.92 Å². The van der Waals surface area contributed by atoms with Gasteiger partial charge >= 0.3 is 18.0 Å². The van der Waals surface area contributed by atoms with Gasteiger partial charge in [0, 0.05) is 12.2 Å². The van der Waals surface area contributed by atoms with E-state index in [1.165, 1.54) is 0 Å². The number of carboxylic acids is 1. The Labute approximate surface area is 135 Å². The van der Waals surface area contributed by atoms with Crippen LogP contribution in [-0.2, 0) is 14.3 Å². The van der Waals surface area contributed by atoms with E-state index in [2.05, 4.69) is 10.6 Å². The summed E-state index contributed by atoms with van der Waals surface area (Å²) in [5, 5.41) is 14.2. The summed E-state index contributed by atoms with van der Waals surface area (Å²) in [7, 11) is 0. The van der Waals surface area contributed by atoms with Gasteiger partial charge < -0.3 is 20.5 Å². The predicted octanol–water partition coefficient (Wildman–Crippen LogP) is 2.24. The van der Waals surface area contributed by atoms with Crippen LogP contribution in [-0.4, -0.2) is 35.2 Å². The zero-order valence-corrected chi connectivity index (χ0v) is 13.5. The summed E-state index contributed by atoms with van der Waals surface area (Å²) in [5.41, 5.74) is -0.0952. The van der Waals surface area contributed by atoms with Crippen molar-refractivity contribution in [3.05, 3.63) is 30.3 Å². The molecular formula is C16H22N2O5. The van der Waals surface area contributed by atoms with E-state index in [1.54, 1.807) is 45.0 Å². The van der Waals surface area contributed by atoms with Crippen molar-refractivity contribution in [2.75, 3.05) is 11.9 Å². The Hall–Kier alpha value is -2.57. The fourth-order valence-corrected chi connectivity index (χ4v) is 1.74. The minimum Gasteiger partial charge on any atom is -0.481 e. The molecule has 1 aromatic carbocycles. The van der Waals surface area contributed by atoms with E-state index >= 15 is 0 Å². The van der Waals surface area contributed by atoms with E-state index in [0.29, 0.717) is 5.69 Å². The van der Waals surface area contributed by atoms with E-state index in [0.717, 1.165) is 0 Å². The predicted molar refractivity (Wildman–Crippen MR) is 85.1 cm³/mol. The SMILES string of the molecule is CC(C)(C)OC(=O)C[C@@H](CNC(=O)Nc1ccccc1)C(=O)O. The monoisotopic (exact) mass is 322 g/mol. The van der Waals surface area contributed by atoms with E-state index < -0.39 is 29.5 Å². The molecule has 0 saturated heterocycles. The summed E-state index contributed by atoms with van der Waals surface area (Å²) in [6, 6.07) is 8.21. The molecule has 1 aromatic rings. The Morgan fingerprint density at radius 1 is 1.17 bits per heavy atom. The second-order valence-electron chi connectivity index (χ2n) is 6.03. The smallest absolute Gasteiger partial charge is 0.319 e. The summed E-state index contributed by atoms with van der Waals surface area (Å²) in [6.45, 7) is 4.93. The largest absolute Gasteiger partial charge is 0.481 e. The molecule has 7 nitrogen and oxygen atoms in total. The number of hydrogen-bond donors (Lipinski definition) is 3. The molecule has 0 unspecified atom stereocenters. The standard InChI is InChI=1S/C16H22N2O5/c1-16(2,3)23-13(19)9-11(14(20)21)10-17-15(22)18-12-7-5-4-6-8-12/h4-8,11H,9-10H2,1-3H3,(H,20,21)(H2,17,18,22)/t11-/m0/s1. The van der Waals surface area contributed by atoms with E-state index in [1.807, 2.05) is 6.07 Å². The van der Waals surface area contributed by atoms with Crippen LogP contribution in [0.1, 0.15) is 27.2 Å². The number of ether oxygens (including phenoxy) is 1. The molecular weight excluding hydrogens is 300 g/mol. The highest BCUT2D eigenvalue weighted by atomic mass is 16.6. The molecule has 126 valence electrons. The van der Waals surface area contributed by atoms with Gasteiger partial charge in [0.15, 0.2) is 0 Å². The van der Waals surface area contributed by atoms with Crippen LogP contribution >= 0.6 is 0 Å². The Morgan fingerprint density at radius 3 is 2.30 bits per heavy atom. The molecule has 3 N–H and O–H groups in total. The van der Waals surface area contributed by atoms with Crippen LogP contribution in [0.5, 0.6) is 0 Å². The minimum atomic E-state index is -1.17. The molecule has 23 heavy (non-hydrogen) atoms. The highest BCUT2D eigenvalue weighted by Gasteiger charge is 2.25. The molecule has 0 aliphatic carbocycles. The summed E-state index contributed by atoms with van der Waals surface area (Å²) < 4.78 is 5.09. The van der Waals surface area contributed by atoms with Crippen LogP contribution < -0.4 is 10.6 Å². The molecule has 0 aromatic heterocycles. The average molecular weight is 322 g/mol. The molecule has 0 fully saturated rings. The summed E-state index contributed by atoms with van der Waals surface area (Å²) in [4.78, 5) is 34.6. The lowest BCUT2D eigenvalue weighted by Crippen LogP contribution is -2.37. The summed E-state index contributed by atoms with van der Waals surface area (Å²) in [5.74, 6) is -2.84. The molecule has 0 heterocycles. The third-order valence-electron chi connectivity index (χ3n) is 2.72. The normalized spacial score (nSPS) is 12.1. The fraction of sp³-hybridized carbons (Fsp3) is 0.438. The zero-order chi connectivity index (χ0) is 17.5. The van der Waals surface area contributed by atoms with Crippen molar-refractivity contribution in [3.8, 4) is 0 Å². The Morgan fingerprint density at radius 2 is 1.78 bits per heavy atom. The number of amides is 2. The topological polar surface area (TPSA) is 105 Å². The first-order chi connectivity index (χ1) is 10.7. The lowest BCUT2D eigenvalue weighted by Gasteiger charge is -2.21. The van der Waals surface area contributed by atoms with Gasteiger partial charge in [-0.1, -0.05) is 18.2 Å². The molecule has 0 saturated carbocycles. The highest BCUT2D eigenvalue weighted by molar-refractivity contribution is 5.89. The number of rotatable bonds is 6. The van der Waals surface area contributed by atoms with Gasteiger partial charge in [0.2, 0.25) is 0 Å². The van der Waals surface area contributed by atoms with Crippen molar-refractivity contribution in [1.82, 2.24) is 5.32 Å². The molecule has 0 aliphatic rings. The molecule has 1 rings (SSSR count). The van der Waals surface area contributed by atoms with Crippen molar-refractivity contribution in [1.29, 1.82) is 0 Å². The third kappa shape index (κ3) is 7.85. The quantitative estimate of drug-likeness (QED) is 0.697. The van der Waals surface area contributed by atoms with Gasteiger partial charge in [-0.3, -0.25) is 9.59 Å². The molecule has 0 bridgehead atoms. The number of urea groups is 1. The van der Waals surface area contributed by atoms with Crippen molar-refractivity contribution < 1.29 is 24.2 Å². The Kier molecular flexibility index (Phi) is 6.56. The third-order valence-corrected chi connectivity index (χ3v) is 2.72. The highest BCUT2D eigenvalue weighted by Crippen LogP contribution is 2.12. The number of carbonyl (C=O) groups is 3. The first kappa shape index (κ1) is 18.5. The van der Waals surface area contributed by atoms with Crippen molar-refractivity contribution >= 4 is 23.7 Å². The van der Waals surface area contributed by atoms with Gasteiger partial charge in [-0.05, 0) is 32.9 Å².